The van der Waals surface area contributed by atoms with Gasteiger partial charge in [0.15, 0.2) is 0 Å². The Morgan fingerprint density at radius 3 is 2.57 bits per heavy atom. The molecule has 1 atom stereocenters. The highest BCUT2D eigenvalue weighted by Gasteiger charge is 2.11. The number of carboxylic acids is 1. The topological polar surface area (TPSA) is 69.6 Å². The molecule has 116 valence electrons. The van der Waals surface area contributed by atoms with Crippen molar-refractivity contribution in [2.45, 2.75) is 26.2 Å². The predicted octanol–water partition coefficient (Wildman–Crippen LogP) is 2.37. The lowest BCUT2D eigenvalue weighted by Crippen LogP contribution is -2.38. The van der Waals surface area contributed by atoms with Crippen LogP contribution in [0.25, 0.3) is 0 Å². The summed E-state index contributed by atoms with van der Waals surface area (Å²) in [6.45, 7) is 2.84. The molecule has 5 nitrogen and oxygen atoms in total. The number of carbonyl (C=O) groups is 2. The van der Waals surface area contributed by atoms with Crippen molar-refractivity contribution in [2.75, 3.05) is 20.1 Å². The molecule has 1 rings (SSSR count). The van der Waals surface area contributed by atoms with Gasteiger partial charge in [0.2, 0.25) is 0 Å². The minimum Gasteiger partial charge on any atom is -0.481 e. The predicted molar refractivity (Wildman–Crippen MR) is 82.2 cm³/mol. The van der Waals surface area contributed by atoms with E-state index in [9.17, 15) is 9.59 Å². The number of nitrogens with zero attached hydrogens (tertiary/aromatic N) is 1. The van der Waals surface area contributed by atoms with Crippen LogP contribution in [-0.4, -0.2) is 42.1 Å². The molecule has 1 aromatic rings. The first-order chi connectivity index (χ1) is 10.0. The van der Waals surface area contributed by atoms with E-state index < -0.39 is 5.97 Å². The summed E-state index contributed by atoms with van der Waals surface area (Å²) in [5.74, 6) is -1.15. The van der Waals surface area contributed by atoms with Crippen LogP contribution >= 0.6 is 0 Å². The third-order valence-corrected chi connectivity index (χ3v) is 3.44. The van der Waals surface area contributed by atoms with Gasteiger partial charge in [-0.25, -0.2) is 4.79 Å². The highest BCUT2D eigenvalue weighted by Crippen LogP contribution is 2.04. The number of amides is 2. The first-order valence-electron chi connectivity index (χ1n) is 7.26. The van der Waals surface area contributed by atoms with Gasteiger partial charge in [0.05, 0.1) is 5.92 Å². The van der Waals surface area contributed by atoms with E-state index in [1.54, 1.807) is 18.9 Å². The largest absolute Gasteiger partial charge is 0.481 e. The molecule has 2 amide bonds. The highest BCUT2D eigenvalue weighted by atomic mass is 16.4. The van der Waals surface area contributed by atoms with Crippen molar-refractivity contribution in [3.63, 3.8) is 0 Å². The van der Waals surface area contributed by atoms with Crippen LogP contribution in [0.4, 0.5) is 4.79 Å². The van der Waals surface area contributed by atoms with E-state index in [1.807, 2.05) is 30.3 Å². The second-order valence-electron chi connectivity index (χ2n) is 5.27. The Hall–Kier alpha value is -2.04. The third-order valence-electron chi connectivity index (χ3n) is 3.44. The standard InChI is InChI=1S/C16H24N2O3/c1-13(15(19)20)7-6-11-17-16(21)18(2)12-10-14-8-4-3-5-9-14/h3-5,8-9,13H,6-7,10-12H2,1-2H3,(H,17,21)(H,19,20). The van der Waals surface area contributed by atoms with E-state index in [4.69, 9.17) is 5.11 Å². The normalized spacial score (nSPS) is 11.7. The van der Waals surface area contributed by atoms with E-state index in [1.165, 1.54) is 5.56 Å². The third kappa shape index (κ3) is 6.79. The van der Waals surface area contributed by atoms with Crippen LogP contribution in [0, 0.1) is 5.92 Å². The summed E-state index contributed by atoms with van der Waals surface area (Å²) in [7, 11) is 1.76. The molecule has 0 heterocycles. The van der Waals surface area contributed by atoms with Crippen LogP contribution < -0.4 is 5.32 Å². The molecular weight excluding hydrogens is 268 g/mol. The maximum Gasteiger partial charge on any atom is 0.317 e. The van der Waals surface area contributed by atoms with E-state index >= 15 is 0 Å². The van der Waals surface area contributed by atoms with Gasteiger partial charge in [0.25, 0.3) is 0 Å². The monoisotopic (exact) mass is 292 g/mol. The van der Waals surface area contributed by atoms with Crippen molar-refractivity contribution in [3.05, 3.63) is 35.9 Å². The smallest absolute Gasteiger partial charge is 0.317 e. The number of carbonyl (C=O) groups excluding carboxylic acids is 1. The Kier molecular flexibility index (Phi) is 7.29. The fraction of sp³-hybridized carbons (Fsp3) is 0.500. The molecule has 5 heteroatoms. The maximum absolute atomic E-state index is 11.8. The average Bonchev–Trinajstić information content (AvgIpc) is 2.49. The number of hydrogen-bond donors (Lipinski definition) is 2. The van der Waals surface area contributed by atoms with Gasteiger partial charge in [-0.05, 0) is 24.8 Å². The van der Waals surface area contributed by atoms with Crippen molar-refractivity contribution in [1.82, 2.24) is 10.2 Å². The Labute approximate surface area is 126 Å². The van der Waals surface area contributed by atoms with Crippen molar-refractivity contribution >= 4 is 12.0 Å². The Balaban J connectivity index is 2.18. The van der Waals surface area contributed by atoms with Gasteiger partial charge >= 0.3 is 12.0 Å². The van der Waals surface area contributed by atoms with Gasteiger partial charge in [-0.3, -0.25) is 4.79 Å². The SMILES string of the molecule is CC(CCCNC(=O)N(C)CCc1ccccc1)C(=O)O. The number of nitrogens with one attached hydrogen (secondary N) is 1. The molecule has 0 saturated heterocycles. The Morgan fingerprint density at radius 2 is 1.95 bits per heavy atom. The zero-order chi connectivity index (χ0) is 15.7. The van der Waals surface area contributed by atoms with E-state index in [2.05, 4.69) is 5.32 Å². The molecule has 0 spiro atoms. The van der Waals surface area contributed by atoms with Crippen molar-refractivity contribution < 1.29 is 14.7 Å². The lowest BCUT2D eigenvalue weighted by atomic mass is 10.1. The number of aliphatic carboxylic acids is 1. The Bertz CT molecular complexity index is 448. The van der Waals surface area contributed by atoms with Crippen LogP contribution in [0.15, 0.2) is 30.3 Å². The van der Waals surface area contributed by atoms with Crippen LogP contribution in [0.2, 0.25) is 0 Å². The molecule has 0 radical (unpaired) electrons. The lowest BCUT2D eigenvalue weighted by molar-refractivity contribution is -0.141. The van der Waals surface area contributed by atoms with Crippen LogP contribution in [0.1, 0.15) is 25.3 Å². The fourth-order valence-electron chi connectivity index (χ4n) is 1.91. The zero-order valence-electron chi connectivity index (χ0n) is 12.7. The van der Waals surface area contributed by atoms with E-state index in [0.29, 0.717) is 25.9 Å². The molecule has 1 unspecified atom stereocenters. The minimum atomic E-state index is -0.790. The summed E-state index contributed by atoms with van der Waals surface area (Å²) in [5.41, 5.74) is 1.20. The maximum atomic E-state index is 11.8. The molecule has 0 fully saturated rings. The number of hydrogen-bond acceptors (Lipinski definition) is 2. The minimum absolute atomic E-state index is 0.117. The molecule has 2 N–H and O–H groups in total. The quantitative estimate of drug-likeness (QED) is 0.723. The summed E-state index contributed by atoms with van der Waals surface area (Å²) in [6, 6.07) is 9.91. The number of carboxylic acid groups (broad SMARTS) is 1. The molecular formula is C16H24N2O3. The van der Waals surface area contributed by atoms with Crippen LogP contribution in [-0.2, 0) is 11.2 Å². The molecule has 0 bridgehead atoms. The molecule has 0 aliphatic rings. The molecule has 21 heavy (non-hydrogen) atoms. The van der Waals surface area contributed by atoms with Crippen molar-refractivity contribution in [1.29, 1.82) is 0 Å². The number of urea groups is 1. The summed E-state index contributed by atoms with van der Waals surface area (Å²) in [5, 5.41) is 11.6. The first kappa shape index (κ1) is 17.0. The van der Waals surface area contributed by atoms with E-state index in [0.717, 1.165) is 6.42 Å². The average molecular weight is 292 g/mol. The second kappa shape index (κ2) is 9.00. The summed E-state index contributed by atoms with van der Waals surface area (Å²) >= 11 is 0. The van der Waals surface area contributed by atoms with Gasteiger partial charge in [-0.1, -0.05) is 37.3 Å². The van der Waals surface area contributed by atoms with Gasteiger partial charge in [-0.2, -0.15) is 0 Å². The molecule has 0 saturated carbocycles. The van der Waals surface area contributed by atoms with E-state index in [-0.39, 0.29) is 11.9 Å². The molecule has 0 aliphatic heterocycles. The van der Waals surface area contributed by atoms with Crippen molar-refractivity contribution in [3.8, 4) is 0 Å². The fourth-order valence-corrected chi connectivity index (χ4v) is 1.91. The number of likely N-dealkylation sites (N-methyl/N-ethyl adjacent to an activating group) is 1. The molecule has 0 aromatic heterocycles. The van der Waals surface area contributed by atoms with Gasteiger partial charge in [0.1, 0.15) is 0 Å². The Morgan fingerprint density at radius 1 is 1.29 bits per heavy atom. The zero-order valence-corrected chi connectivity index (χ0v) is 12.7. The van der Waals surface area contributed by atoms with Crippen LogP contribution in [0.5, 0.6) is 0 Å². The van der Waals surface area contributed by atoms with Gasteiger partial charge in [-0.15, -0.1) is 0 Å². The highest BCUT2D eigenvalue weighted by molar-refractivity contribution is 5.73. The second-order valence-corrected chi connectivity index (χ2v) is 5.27. The molecule has 0 aliphatic carbocycles. The van der Waals surface area contributed by atoms with Crippen molar-refractivity contribution in [2.24, 2.45) is 5.92 Å². The number of benzene rings is 1. The van der Waals surface area contributed by atoms with Crippen LogP contribution in [0.3, 0.4) is 0 Å². The molecule has 1 aromatic carbocycles. The summed E-state index contributed by atoms with van der Waals surface area (Å²) < 4.78 is 0. The van der Waals surface area contributed by atoms with Gasteiger partial charge < -0.3 is 15.3 Å². The first-order valence-corrected chi connectivity index (χ1v) is 7.26. The lowest BCUT2D eigenvalue weighted by Gasteiger charge is -2.18. The van der Waals surface area contributed by atoms with Gasteiger partial charge in [0, 0.05) is 20.1 Å². The summed E-state index contributed by atoms with van der Waals surface area (Å²) in [4.78, 5) is 24.1. The number of rotatable bonds is 8. The summed E-state index contributed by atoms with van der Waals surface area (Å²) in [6.07, 6.45) is 2.07.